The van der Waals surface area contributed by atoms with E-state index in [-0.39, 0.29) is 12.5 Å². The third kappa shape index (κ3) is 3.97. The summed E-state index contributed by atoms with van der Waals surface area (Å²) in [5.74, 6) is -1.05. The Balaban J connectivity index is 2.41. The molecule has 0 atom stereocenters. The SMILES string of the molecule is CCOC(=O)c1cccc(/C(=C/C(=O)OC)N2CCCC2=O)c1. The van der Waals surface area contributed by atoms with Crippen LogP contribution >= 0.6 is 0 Å². The Morgan fingerprint density at radius 2 is 2.04 bits per heavy atom. The number of carbonyl (C=O) groups excluding carboxylic acids is 3. The molecule has 0 radical (unpaired) electrons. The van der Waals surface area contributed by atoms with E-state index in [1.807, 2.05) is 0 Å². The fourth-order valence-electron chi connectivity index (χ4n) is 2.41. The van der Waals surface area contributed by atoms with E-state index < -0.39 is 11.9 Å². The maximum atomic E-state index is 12.0. The molecule has 0 aliphatic carbocycles. The van der Waals surface area contributed by atoms with Crippen LogP contribution in [0.4, 0.5) is 0 Å². The number of carbonyl (C=O) groups is 3. The number of hydrogen-bond donors (Lipinski definition) is 0. The predicted octanol–water partition coefficient (Wildman–Crippen LogP) is 2.00. The van der Waals surface area contributed by atoms with Crippen LogP contribution in [0.2, 0.25) is 0 Å². The van der Waals surface area contributed by atoms with Gasteiger partial charge in [0.15, 0.2) is 0 Å². The molecule has 2 rings (SSSR count). The van der Waals surface area contributed by atoms with Crippen LogP contribution in [0.3, 0.4) is 0 Å². The number of benzene rings is 1. The minimum atomic E-state index is -0.554. The first-order chi connectivity index (χ1) is 11.1. The second-order valence-corrected chi connectivity index (χ2v) is 5.00. The molecule has 1 aromatic rings. The lowest BCUT2D eigenvalue weighted by Crippen LogP contribution is -2.24. The molecule has 1 fully saturated rings. The number of methoxy groups -OCH3 is 1. The Hall–Kier alpha value is -2.63. The van der Waals surface area contributed by atoms with Gasteiger partial charge in [-0.05, 0) is 31.0 Å². The molecule has 6 nitrogen and oxygen atoms in total. The molecule has 0 N–H and O–H groups in total. The molecule has 1 aromatic carbocycles. The smallest absolute Gasteiger partial charge is 0.338 e. The highest BCUT2D eigenvalue weighted by atomic mass is 16.5. The van der Waals surface area contributed by atoms with Crippen molar-refractivity contribution in [1.29, 1.82) is 0 Å². The molecule has 0 saturated carbocycles. The van der Waals surface area contributed by atoms with Gasteiger partial charge in [0.2, 0.25) is 5.91 Å². The van der Waals surface area contributed by atoms with Gasteiger partial charge in [0.05, 0.1) is 25.0 Å². The fraction of sp³-hybridized carbons (Fsp3) is 0.353. The van der Waals surface area contributed by atoms with Crippen molar-refractivity contribution >= 4 is 23.5 Å². The van der Waals surface area contributed by atoms with E-state index in [4.69, 9.17) is 4.74 Å². The van der Waals surface area contributed by atoms with Gasteiger partial charge in [0.25, 0.3) is 0 Å². The summed E-state index contributed by atoms with van der Waals surface area (Å²) in [6, 6.07) is 6.66. The quantitative estimate of drug-likeness (QED) is 0.613. The highest BCUT2D eigenvalue weighted by Gasteiger charge is 2.25. The van der Waals surface area contributed by atoms with Gasteiger partial charge in [-0.15, -0.1) is 0 Å². The van der Waals surface area contributed by atoms with Gasteiger partial charge in [-0.3, -0.25) is 4.79 Å². The Kier molecular flexibility index (Phi) is 5.51. The van der Waals surface area contributed by atoms with Crippen molar-refractivity contribution < 1.29 is 23.9 Å². The van der Waals surface area contributed by atoms with Crippen LogP contribution in [-0.2, 0) is 19.1 Å². The van der Waals surface area contributed by atoms with Gasteiger partial charge >= 0.3 is 11.9 Å². The van der Waals surface area contributed by atoms with Crippen LogP contribution in [-0.4, -0.2) is 43.0 Å². The zero-order valence-electron chi connectivity index (χ0n) is 13.2. The summed E-state index contributed by atoms with van der Waals surface area (Å²) >= 11 is 0. The summed E-state index contributed by atoms with van der Waals surface area (Å²) in [5.41, 5.74) is 1.40. The van der Waals surface area contributed by atoms with Gasteiger partial charge in [0, 0.05) is 19.0 Å². The first-order valence-electron chi connectivity index (χ1n) is 7.44. The van der Waals surface area contributed by atoms with Crippen LogP contribution in [0.25, 0.3) is 5.70 Å². The van der Waals surface area contributed by atoms with Crippen LogP contribution in [0.1, 0.15) is 35.7 Å². The Bertz CT molecular complexity index is 650. The normalized spacial score (nSPS) is 14.8. The molecule has 1 heterocycles. The van der Waals surface area contributed by atoms with Gasteiger partial charge in [-0.2, -0.15) is 0 Å². The molecule has 1 aliphatic heterocycles. The largest absolute Gasteiger partial charge is 0.466 e. The number of nitrogens with zero attached hydrogens (tertiary/aromatic N) is 1. The molecule has 122 valence electrons. The molecule has 0 unspecified atom stereocenters. The van der Waals surface area contributed by atoms with Gasteiger partial charge in [-0.25, -0.2) is 9.59 Å². The number of esters is 2. The third-order valence-corrected chi connectivity index (χ3v) is 3.49. The summed E-state index contributed by atoms with van der Waals surface area (Å²) in [6.07, 6.45) is 2.44. The number of hydrogen-bond acceptors (Lipinski definition) is 5. The summed E-state index contributed by atoms with van der Waals surface area (Å²) < 4.78 is 9.65. The average Bonchev–Trinajstić information content (AvgIpc) is 2.98. The summed E-state index contributed by atoms with van der Waals surface area (Å²) in [4.78, 5) is 37.1. The lowest BCUT2D eigenvalue weighted by Gasteiger charge is -2.20. The van der Waals surface area contributed by atoms with E-state index in [0.29, 0.717) is 29.8 Å². The number of ether oxygens (including phenoxy) is 2. The van der Waals surface area contributed by atoms with Gasteiger partial charge in [-0.1, -0.05) is 12.1 Å². The van der Waals surface area contributed by atoms with Crippen molar-refractivity contribution in [2.75, 3.05) is 20.3 Å². The van der Waals surface area contributed by atoms with E-state index >= 15 is 0 Å². The molecule has 0 spiro atoms. The minimum absolute atomic E-state index is 0.0540. The van der Waals surface area contributed by atoms with Crippen molar-refractivity contribution in [2.24, 2.45) is 0 Å². The number of amides is 1. The summed E-state index contributed by atoms with van der Waals surface area (Å²) in [5, 5.41) is 0. The molecule has 0 aromatic heterocycles. The summed E-state index contributed by atoms with van der Waals surface area (Å²) in [6.45, 7) is 2.54. The van der Waals surface area contributed by atoms with Crippen molar-refractivity contribution in [2.45, 2.75) is 19.8 Å². The Labute approximate surface area is 134 Å². The lowest BCUT2D eigenvalue weighted by atomic mass is 10.1. The molecular formula is C17H19NO5. The Morgan fingerprint density at radius 3 is 2.65 bits per heavy atom. The highest BCUT2D eigenvalue weighted by Crippen LogP contribution is 2.26. The Morgan fingerprint density at radius 1 is 1.30 bits per heavy atom. The lowest BCUT2D eigenvalue weighted by molar-refractivity contribution is -0.134. The van der Waals surface area contributed by atoms with Crippen molar-refractivity contribution in [3.05, 3.63) is 41.5 Å². The van der Waals surface area contributed by atoms with Crippen molar-refractivity contribution in [3.8, 4) is 0 Å². The summed E-state index contributed by atoms with van der Waals surface area (Å²) in [7, 11) is 1.28. The van der Waals surface area contributed by atoms with Crippen LogP contribution in [0.5, 0.6) is 0 Å². The molecule has 0 bridgehead atoms. The molecule has 23 heavy (non-hydrogen) atoms. The topological polar surface area (TPSA) is 72.9 Å². The van der Waals surface area contributed by atoms with E-state index in [9.17, 15) is 14.4 Å². The third-order valence-electron chi connectivity index (χ3n) is 3.49. The zero-order chi connectivity index (χ0) is 16.8. The standard InChI is InChI=1S/C17H19NO5/c1-3-23-17(21)13-7-4-6-12(10-13)14(11-16(20)22-2)18-9-5-8-15(18)19/h4,6-7,10-11H,3,5,8-9H2,1-2H3/b14-11-. The van der Waals surface area contributed by atoms with E-state index in [1.165, 1.54) is 13.2 Å². The first kappa shape index (κ1) is 16.7. The van der Waals surface area contributed by atoms with E-state index in [1.54, 1.807) is 36.1 Å². The van der Waals surface area contributed by atoms with E-state index in [2.05, 4.69) is 4.74 Å². The minimum Gasteiger partial charge on any atom is -0.466 e. The predicted molar refractivity (Wildman–Crippen MR) is 83.3 cm³/mol. The second kappa shape index (κ2) is 7.58. The molecule has 1 saturated heterocycles. The molecule has 6 heteroatoms. The number of likely N-dealkylation sites (tertiary alicyclic amines) is 1. The maximum absolute atomic E-state index is 12.0. The van der Waals surface area contributed by atoms with Gasteiger partial charge < -0.3 is 14.4 Å². The van der Waals surface area contributed by atoms with Crippen LogP contribution in [0.15, 0.2) is 30.3 Å². The molecular weight excluding hydrogens is 298 g/mol. The maximum Gasteiger partial charge on any atom is 0.338 e. The average molecular weight is 317 g/mol. The first-order valence-corrected chi connectivity index (χ1v) is 7.44. The molecule has 1 amide bonds. The monoisotopic (exact) mass is 317 g/mol. The van der Waals surface area contributed by atoms with E-state index in [0.717, 1.165) is 6.42 Å². The second-order valence-electron chi connectivity index (χ2n) is 5.00. The van der Waals surface area contributed by atoms with Crippen molar-refractivity contribution in [1.82, 2.24) is 4.90 Å². The zero-order valence-corrected chi connectivity index (χ0v) is 13.2. The molecule has 1 aliphatic rings. The van der Waals surface area contributed by atoms with Gasteiger partial charge in [0.1, 0.15) is 0 Å². The fourth-order valence-corrected chi connectivity index (χ4v) is 2.41. The van der Waals surface area contributed by atoms with Crippen molar-refractivity contribution in [3.63, 3.8) is 0 Å². The number of rotatable bonds is 5. The highest BCUT2D eigenvalue weighted by molar-refractivity contribution is 5.98. The van der Waals surface area contributed by atoms with Crippen LogP contribution in [0, 0.1) is 0 Å². The van der Waals surface area contributed by atoms with Crippen LogP contribution < -0.4 is 0 Å².